The Bertz CT molecular complexity index is 1540. The SMILES string of the molecule is N#Cc1ccc(C(OCc2ccccc2)c2cccnc2)cc1-c1ccc2c3c(cccc13)CC2. The molecule has 1 heterocycles. The molecule has 168 valence electrons. The average Bonchev–Trinajstić information content (AvgIpc) is 3.35. The van der Waals surface area contributed by atoms with Gasteiger partial charge in [0.25, 0.3) is 0 Å². The molecule has 1 aliphatic rings. The topological polar surface area (TPSA) is 45.9 Å². The predicted octanol–water partition coefficient (Wildman–Crippen LogP) is 7.18. The van der Waals surface area contributed by atoms with Crippen LogP contribution in [0.4, 0.5) is 0 Å². The summed E-state index contributed by atoms with van der Waals surface area (Å²) >= 11 is 0. The molecule has 0 spiro atoms. The van der Waals surface area contributed by atoms with Crippen LogP contribution in [0.5, 0.6) is 0 Å². The zero-order chi connectivity index (χ0) is 23.6. The van der Waals surface area contributed by atoms with E-state index < -0.39 is 0 Å². The van der Waals surface area contributed by atoms with E-state index in [4.69, 9.17) is 4.74 Å². The number of hydrogen-bond donors (Lipinski definition) is 0. The second-order valence-electron chi connectivity index (χ2n) is 8.99. The van der Waals surface area contributed by atoms with E-state index in [1.165, 1.54) is 21.9 Å². The van der Waals surface area contributed by atoms with Crippen molar-refractivity contribution < 1.29 is 4.74 Å². The van der Waals surface area contributed by atoms with Crippen LogP contribution < -0.4 is 0 Å². The minimum atomic E-state index is -0.299. The molecule has 0 radical (unpaired) electrons. The molecular formula is C32H24N2O. The quantitative estimate of drug-likeness (QED) is 0.274. The Hall–Kier alpha value is -4.26. The van der Waals surface area contributed by atoms with E-state index in [-0.39, 0.29) is 6.10 Å². The van der Waals surface area contributed by atoms with E-state index in [2.05, 4.69) is 59.6 Å². The van der Waals surface area contributed by atoms with Gasteiger partial charge in [0.05, 0.1) is 18.2 Å². The Balaban J connectivity index is 1.47. The van der Waals surface area contributed by atoms with Crippen LogP contribution in [0.25, 0.3) is 21.9 Å². The number of rotatable bonds is 6. The summed E-state index contributed by atoms with van der Waals surface area (Å²) in [6.07, 6.45) is 5.49. The summed E-state index contributed by atoms with van der Waals surface area (Å²) < 4.78 is 6.48. The first kappa shape index (κ1) is 21.3. The molecule has 1 unspecified atom stereocenters. The van der Waals surface area contributed by atoms with Crippen molar-refractivity contribution in [3.8, 4) is 17.2 Å². The lowest BCUT2D eigenvalue weighted by molar-refractivity contribution is 0.0665. The van der Waals surface area contributed by atoms with Crippen molar-refractivity contribution in [1.29, 1.82) is 5.26 Å². The summed E-state index contributed by atoms with van der Waals surface area (Å²) in [5.41, 5.74) is 8.60. The van der Waals surface area contributed by atoms with Gasteiger partial charge < -0.3 is 4.74 Å². The number of benzene rings is 4. The highest BCUT2D eigenvalue weighted by molar-refractivity contribution is 6.02. The molecule has 5 aromatic rings. The Kier molecular flexibility index (Phi) is 5.58. The van der Waals surface area contributed by atoms with E-state index in [0.717, 1.165) is 40.7 Å². The first-order chi connectivity index (χ1) is 17.3. The number of aryl methyl sites for hydroxylation is 2. The molecule has 0 saturated carbocycles. The van der Waals surface area contributed by atoms with Gasteiger partial charge in [0.2, 0.25) is 0 Å². The normalized spacial score (nSPS) is 13.0. The van der Waals surface area contributed by atoms with Crippen LogP contribution in [0.3, 0.4) is 0 Å². The third-order valence-electron chi connectivity index (χ3n) is 6.88. The Labute approximate surface area is 205 Å². The van der Waals surface area contributed by atoms with Gasteiger partial charge in [-0.05, 0) is 69.6 Å². The number of nitrogens with zero attached hydrogens (tertiary/aromatic N) is 2. The maximum absolute atomic E-state index is 9.98. The van der Waals surface area contributed by atoms with Crippen LogP contribution in [-0.4, -0.2) is 4.98 Å². The second kappa shape index (κ2) is 9.18. The zero-order valence-electron chi connectivity index (χ0n) is 19.3. The molecule has 3 nitrogen and oxygen atoms in total. The smallest absolute Gasteiger partial charge is 0.109 e. The van der Waals surface area contributed by atoms with Crippen molar-refractivity contribution in [2.45, 2.75) is 25.6 Å². The van der Waals surface area contributed by atoms with Gasteiger partial charge >= 0.3 is 0 Å². The molecule has 0 amide bonds. The van der Waals surface area contributed by atoms with Gasteiger partial charge in [-0.3, -0.25) is 4.98 Å². The molecule has 4 aromatic carbocycles. The van der Waals surface area contributed by atoms with E-state index >= 15 is 0 Å². The molecule has 3 heteroatoms. The van der Waals surface area contributed by atoms with Crippen molar-refractivity contribution in [1.82, 2.24) is 4.98 Å². The summed E-state index contributed by atoms with van der Waals surface area (Å²) in [7, 11) is 0. The standard InChI is InChI=1S/C32H24N2O/c33-19-26-14-13-25(32(27-9-5-17-34-20-27)35-21-22-6-2-1-3-7-22)18-30(26)28-16-15-24-12-11-23-8-4-10-29(28)31(23)24/h1-10,13-18,20,32H,11-12,21H2. The fourth-order valence-corrected chi connectivity index (χ4v) is 5.20. The summed E-state index contributed by atoms with van der Waals surface area (Å²) in [5.74, 6) is 0. The molecule has 0 N–H and O–H groups in total. The van der Waals surface area contributed by atoms with Gasteiger partial charge in [0.15, 0.2) is 0 Å². The third kappa shape index (κ3) is 3.99. The van der Waals surface area contributed by atoms with Crippen LogP contribution in [0.2, 0.25) is 0 Å². The summed E-state index contributed by atoms with van der Waals surface area (Å²) in [6.45, 7) is 0.483. The monoisotopic (exact) mass is 452 g/mol. The van der Waals surface area contributed by atoms with Crippen molar-refractivity contribution in [2.75, 3.05) is 0 Å². The van der Waals surface area contributed by atoms with Gasteiger partial charge in [0.1, 0.15) is 6.10 Å². The largest absolute Gasteiger partial charge is 0.364 e. The molecule has 35 heavy (non-hydrogen) atoms. The minimum absolute atomic E-state index is 0.299. The Morgan fingerprint density at radius 2 is 1.66 bits per heavy atom. The molecule has 0 saturated heterocycles. The predicted molar refractivity (Wildman–Crippen MR) is 139 cm³/mol. The third-order valence-corrected chi connectivity index (χ3v) is 6.88. The molecule has 6 rings (SSSR count). The fraction of sp³-hybridized carbons (Fsp3) is 0.125. The highest BCUT2D eigenvalue weighted by atomic mass is 16.5. The van der Waals surface area contributed by atoms with E-state index in [0.29, 0.717) is 12.2 Å². The fourth-order valence-electron chi connectivity index (χ4n) is 5.20. The molecule has 1 atom stereocenters. The van der Waals surface area contributed by atoms with Crippen molar-refractivity contribution in [3.63, 3.8) is 0 Å². The molecule has 0 aliphatic heterocycles. The molecular weight excluding hydrogens is 428 g/mol. The van der Waals surface area contributed by atoms with Gasteiger partial charge in [0, 0.05) is 23.5 Å². The molecule has 0 fully saturated rings. The molecule has 0 bridgehead atoms. The summed E-state index contributed by atoms with van der Waals surface area (Å²) in [6, 6.07) is 33.6. The highest BCUT2D eigenvalue weighted by Crippen LogP contribution is 2.39. The first-order valence-electron chi connectivity index (χ1n) is 11.9. The van der Waals surface area contributed by atoms with Crippen molar-refractivity contribution in [3.05, 3.63) is 137 Å². The van der Waals surface area contributed by atoms with Gasteiger partial charge in [-0.15, -0.1) is 0 Å². The van der Waals surface area contributed by atoms with Crippen LogP contribution >= 0.6 is 0 Å². The molecule has 1 aromatic heterocycles. The zero-order valence-corrected chi connectivity index (χ0v) is 19.3. The van der Waals surface area contributed by atoms with E-state index in [1.807, 2.05) is 48.7 Å². The summed E-state index contributed by atoms with van der Waals surface area (Å²) in [5, 5.41) is 12.5. The summed E-state index contributed by atoms with van der Waals surface area (Å²) in [4.78, 5) is 4.34. The number of ether oxygens (including phenoxy) is 1. The number of aromatic nitrogens is 1. The van der Waals surface area contributed by atoms with Gasteiger partial charge in [-0.1, -0.05) is 72.8 Å². The van der Waals surface area contributed by atoms with Crippen LogP contribution in [-0.2, 0) is 24.2 Å². The lowest BCUT2D eigenvalue weighted by Crippen LogP contribution is -2.07. The Morgan fingerprint density at radius 1 is 0.800 bits per heavy atom. The van der Waals surface area contributed by atoms with E-state index in [9.17, 15) is 5.26 Å². The molecule has 1 aliphatic carbocycles. The van der Waals surface area contributed by atoms with Gasteiger partial charge in [-0.2, -0.15) is 5.26 Å². The van der Waals surface area contributed by atoms with Crippen molar-refractivity contribution in [2.24, 2.45) is 0 Å². The van der Waals surface area contributed by atoms with Crippen LogP contribution in [0.1, 0.15) is 39.5 Å². The first-order valence-corrected chi connectivity index (χ1v) is 11.9. The second-order valence-corrected chi connectivity index (χ2v) is 8.99. The lowest BCUT2D eigenvalue weighted by Gasteiger charge is -2.20. The lowest BCUT2D eigenvalue weighted by atomic mass is 9.90. The van der Waals surface area contributed by atoms with Crippen molar-refractivity contribution >= 4 is 10.8 Å². The van der Waals surface area contributed by atoms with E-state index in [1.54, 1.807) is 6.20 Å². The number of pyridine rings is 1. The minimum Gasteiger partial charge on any atom is -0.364 e. The van der Waals surface area contributed by atoms with Crippen LogP contribution in [0, 0.1) is 11.3 Å². The maximum atomic E-state index is 9.98. The number of nitriles is 1. The Morgan fingerprint density at radius 3 is 2.46 bits per heavy atom. The van der Waals surface area contributed by atoms with Crippen LogP contribution in [0.15, 0.2) is 103 Å². The highest BCUT2D eigenvalue weighted by Gasteiger charge is 2.21. The maximum Gasteiger partial charge on any atom is 0.109 e. The van der Waals surface area contributed by atoms with Gasteiger partial charge in [-0.25, -0.2) is 0 Å². The number of hydrogen-bond acceptors (Lipinski definition) is 3. The average molecular weight is 453 g/mol.